The molecule has 3 rings (SSSR count). The van der Waals surface area contributed by atoms with Gasteiger partial charge in [0.15, 0.2) is 6.10 Å². The number of phenols is 1. The third kappa shape index (κ3) is 2.78. The highest BCUT2D eigenvalue weighted by Gasteiger charge is 2.18. The summed E-state index contributed by atoms with van der Waals surface area (Å²) in [6.07, 6.45) is -0.853. The van der Waals surface area contributed by atoms with E-state index in [0.717, 1.165) is 0 Å². The number of para-hydroxylation sites is 1. The predicted octanol–water partition coefficient (Wildman–Crippen LogP) is 2.98. The monoisotopic (exact) mass is 328 g/mol. The van der Waals surface area contributed by atoms with E-state index in [0.29, 0.717) is 11.0 Å². The number of carbonyl (C=O) groups is 1. The zero-order chi connectivity index (χ0) is 17.3. The Morgan fingerprint density at radius 3 is 2.75 bits per heavy atom. The van der Waals surface area contributed by atoms with Gasteiger partial charge in [0.1, 0.15) is 28.1 Å². The van der Waals surface area contributed by atoms with E-state index in [2.05, 4.69) is 0 Å². The van der Waals surface area contributed by atoms with Crippen LogP contribution < -0.4 is 10.2 Å². The van der Waals surface area contributed by atoms with Gasteiger partial charge in [0.2, 0.25) is 5.43 Å². The van der Waals surface area contributed by atoms with Crippen molar-refractivity contribution in [3.05, 3.63) is 46.6 Å². The number of carbonyl (C=O) groups excluding carboxylic acids is 1. The van der Waals surface area contributed by atoms with Crippen LogP contribution in [0.2, 0.25) is 0 Å². The minimum atomic E-state index is -0.853. The summed E-state index contributed by atoms with van der Waals surface area (Å²) in [4.78, 5) is 24.1. The van der Waals surface area contributed by atoms with Crippen molar-refractivity contribution in [3.8, 4) is 11.5 Å². The molecule has 0 aliphatic rings. The molecule has 1 atom stereocenters. The SMILES string of the molecule is CCOC(=O)[C@H](C)Oc1cc(O)c2c(=O)c3ccccc3oc2c1. The number of aromatic hydroxyl groups is 1. The zero-order valence-corrected chi connectivity index (χ0v) is 13.2. The lowest BCUT2D eigenvalue weighted by molar-refractivity contribution is -0.150. The van der Waals surface area contributed by atoms with E-state index < -0.39 is 12.1 Å². The molecule has 1 aromatic heterocycles. The first-order chi connectivity index (χ1) is 11.5. The van der Waals surface area contributed by atoms with Gasteiger partial charge in [0.05, 0.1) is 12.0 Å². The Morgan fingerprint density at radius 2 is 2.00 bits per heavy atom. The summed E-state index contributed by atoms with van der Waals surface area (Å²) in [7, 11) is 0. The molecule has 0 bridgehead atoms. The van der Waals surface area contributed by atoms with Crippen LogP contribution in [-0.4, -0.2) is 23.8 Å². The Morgan fingerprint density at radius 1 is 1.25 bits per heavy atom. The van der Waals surface area contributed by atoms with E-state index in [9.17, 15) is 14.7 Å². The molecule has 1 N–H and O–H groups in total. The minimum Gasteiger partial charge on any atom is -0.507 e. The molecular formula is C18H16O6. The highest BCUT2D eigenvalue weighted by atomic mass is 16.6. The van der Waals surface area contributed by atoms with Gasteiger partial charge in [0.25, 0.3) is 0 Å². The molecule has 24 heavy (non-hydrogen) atoms. The summed E-state index contributed by atoms with van der Waals surface area (Å²) in [6, 6.07) is 9.53. The highest BCUT2D eigenvalue weighted by Crippen LogP contribution is 2.31. The second-order valence-electron chi connectivity index (χ2n) is 5.26. The first-order valence-electron chi connectivity index (χ1n) is 7.53. The number of rotatable bonds is 4. The second-order valence-corrected chi connectivity index (χ2v) is 5.26. The maximum atomic E-state index is 12.5. The lowest BCUT2D eigenvalue weighted by Crippen LogP contribution is -2.26. The normalized spacial score (nSPS) is 12.2. The van der Waals surface area contributed by atoms with Crippen LogP contribution in [-0.2, 0) is 9.53 Å². The fourth-order valence-corrected chi connectivity index (χ4v) is 2.46. The second kappa shape index (κ2) is 6.23. The Kier molecular flexibility index (Phi) is 4.12. The number of phenolic OH excluding ortho intramolecular Hbond substituents is 1. The molecule has 0 amide bonds. The molecule has 6 nitrogen and oxygen atoms in total. The third-order valence-corrected chi connectivity index (χ3v) is 3.56. The average molecular weight is 328 g/mol. The van der Waals surface area contributed by atoms with Gasteiger partial charge in [-0.25, -0.2) is 4.79 Å². The molecule has 0 unspecified atom stereocenters. The van der Waals surface area contributed by atoms with Gasteiger partial charge < -0.3 is 19.0 Å². The molecule has 0 fully saturated rings. The van der Waals surface area contributed by atoms with Crippen molar-refractivity contribution in [2.75, 3.05) is 6.61 Å². The maximum absolute atomic E-state index is 12.5. The molecule has 1 heterocycles. The van der Waals surface area contributed by atoms with Crippen molar-refractivity contribution in [2.45, 2.75) is 20.0 Å². The molecule has 0 saturated carbocycles. The summed E-state index contributed by atoms with van der Waals surface area (Å²) < 4.78 is 16.0. The quantitative estimate of drug-likeness (QED) is 0.585. The summed E-state index contributed by atoms with van der Waals surface area (Å²) in [5, 5.41) is 10.6. The van der Waals surface area contributed by atoms with E-state index in [-0.39, 0.29) is 34.5 Å². The average Bonchev–Trinajstić information content (AvgIpc) is 2.54. The first-order valence-corrected chi connectivity index (χ1v) is 7.53. The number of hydrogen-bond donors (Lipinski definition) is 1. The van der Waals surface area contributed by atoms with E-state index in [1.807, 2.05) is 0 Å². The van der Waals surface area contributed by atoms with Crippen molar-refractivity contribution >= 4 is 27.9 Å². The van der Waals surface area contributed by atoms with Gasteiger partial charge in [-0.3, -0.25) is 4.79 Å². The van der Waals surface area contributed by atoms with Gasteiger partial charge in [-0.05, 0) is 26.0 Å². The standard InChI is InChI=1S/C18H16O6/c1-3-22-18(21)10(2)23-11-8-13(19)16-15(9-11)24-14-7-5-4-6-12(14)17(16)20/h4-10,19H,3H2,1-2H3/t10-/m0/s1. The smallest absolute Gasteiger partial charge is 0.347 e. The third-order valence-electron chi connectivity index (χ3n) is 3.56. The number of hydrogen-bond acceptors (Lipinski definition) is 6. The molecule has 0 aliphatic carbocycles. The molecule has 2 aromatic carbocycles. The Bertz CT molecular complexity index is 972. The summed E-state index contributed by atoms with van der Waals surface area (Å²) >= 11 is 0. The lowest BCUT2D eigenvalue weighted by Gasteiger charge is -2.14. The fourth-order valence-electron chi connectivity index (χ4n) is 2.46. The Balaban J connectivity index is 2.08. The molecule has 124 valence electrons. The highest BCUT2D eigenvalue weighted by molar-refractivity contribution is 5.93. The van der Waals surface area contributed by atoms with Crippen molar-refractivity contribution in [3.63, 3.8) is 0 Å². The molecule has 3 aromatic rings. The van der Waals surface area contributed by atoms with Crippen LogP contribution in [0.3, 0.4) is 0 Å². The topological polar surface area (TPSA) is 86.0 Å². The van der Waals surface area contributed by atoms with Crippen LogP contribution in [0.4, 0.5) is 0 Å². The van der Waals surface area contributed by atoms with Crippen molar-refractivity contribution < 1.29 is 23.8 Å². The number of benzene rings is 2. The molecule has 0 spiro atoms. The number of fused-ring (bicyclic) bond motifs is 2. The Labute approximate surface area is 137 Å². The van der Waals surface area contributed by atoms with Crippen LogP contribution in [0, 0.1) is 0 Å². The Hall–Kier alpha value is -3.02. The van der Waals surface area contributed by atoms with Crippen LogP contribution in [0.15, 0.2) is 45.6 Å². The van der Waals surface area contributed by atoms with E-state index in [1.54, 1.807) is 31.2 Å². The molecule has 0 aliphatic heterocycles. The van der Waals surface area contributed by atoms with Crippen molar-refractivity contribution in [2.24, 2.45) is 0 Å². The van der Waals surface area contributed by atoms with Crippen LogP contribution in [0.1, 0.15) is 13.8 Å². The molecule has 0 radical (unpaired) electrons. The summed E-state index contributed by atoms with van der Waals surface area (Å²) in [6.45, 7) is 3.48. The summed E-state index contributed by atoms with van der Waals surface area (Å²) in [5.74, 6) is -0.575. The lowest BCUT2D eigenvalue weighted by atomic mass is 10.1. The van der Waals surface area contributed by atoms with Crippen molar-refractivity contribution in [1.82, 2.24) is 0 Å². The minimum absolute atomic E-state index is 0.0739. The fraction of sp³-hybridized carbons (Fsp3) is 0.222. The van der Waals surface area contributed by atoms with Gasteiger partial charge in [0, 0.05) is 12.1 Å². The summed E-state index contributed by atoms with van der Waals surface area (Å²) in [5.41, 5.74) is 0.268. The van der Waals surface area contributed by atoms with Gasteiger partial charge >= 0.3 is 5.97 Å². The van der Waals surface area contributed by atoms with Gasteiger partial charge in [-0.2, -0.15) is 0 Å². The van der Waals surface area contributed by atoms with Crippen LogP contribution >= 0.6 is 0 Å². The van der Waals surface area contributed by atoms with Gasteiger partial charge in [-0.1, -0.05) is 12.1 Å². The first kappa shape index (κ1) is 15.9. The number of esters is 1. The molecule has 6 heteroatoms. The van der Waals surface area contributed by atoms with Crippen LogP contribution in [0.25, 0.3) is 21.9 Å². The molecule has 0 saturated heterocycles. The largest absolute Gasteiger partial charge is 0.507 e. The van der Waals surface area contributed by atoms with E-state index >= 15 is 0 Å². The maximum Gasteiger partial charge on any atom is 0.347 e. The number of ether oxygens (including phenoxy) is 2. The zero-order valence-electron chi connectivity index (χ0n) is 13.2. The van der Waals surface area contributed by atoms with Crippen molar-refractivity contribution in [1.29, 1.82) is 0 Å². The van der Waals surface area contributed by atoms with E-state index in [4.69, 9.17) is 13.9 Å². The van der Waals surface area contributed by atoms with Gasteiger partial charge in [-0.15, -0.1) is 0 Å². The van der Waals surface area contributed by atoms with Crippen LogP contribution in [0.5, 0.6) is 11.5 Å². The van der Waals surface area contributed by atoms with E-state index in [1.165, 1.54) is 19.1 Å². The molecular weight excluding hydrogens is 312 g/mol. The predicted molar refractivity (Wildman–Crippen MR) is 88.4 cm³/mol.